The van der Waals surface area contributed by atoms with Crippen molar-refractivity contribution in [3.63, 3.8) is 0 Å². The van der Waals surface area contributed by atoms with Crippen molar-refractivity contribution < 1.29 is 5.11 Å². The van der Waals surface area contributed by atoms with Gasteiger partial charge in [-0.05, 0) is 30.9 Å². The van der Waals surface area contributed by atoms with Crippen LogP contribution in [0.1, 0.15) is 29.3 Å². The van der Waals surface area contributed by atoms with Crippen molar-refractivity contribution in [2.24, 2.45) is 7.05 Å². The van der Waals surface area contributed by atoms with E-state index in [2.05, 4.69) is 16.5 Å². The summed E-state index contributed by atoms with van der Waals surface area (Å²) in [6.07, 6.45) is 3.98. The molecule has 4 heteroatoms. The van der Waals surface area contributed by atoms with E-state index in [1.165, 1.54) is 5.56 Å². The number of anilines is 1. The lowest BCUT2D eigenvalue weighted by Crippen LogP contribution is -2.05. The van der Waals surface area contributed by atoms with E-state index in [4.69, 9.17) is 0 Å². The normalized spacial score (nSPS) is 15.1. The maximum atomic E-state index is 10.4. The molecule has 0 fully saturated rings. The van der Waals surface area contributed by atoms with Crippen LogP contribution in [0.5, 0.6) is 0 Å². The lowest BCUT2D eigenvalue weighted by molar-refractivity contribution is 0.168. The van der Waals surface area contributed by atoms with Crippen molar-refractivity contribution in [3.05, 3.63) is 47.3 Å². The second-order valence-corrected chi connectivity index (χ2v) is 5.06. The van der Waals surface area contributed by atoms with Crippen LogP contribution in [-0.2, 0) is 19.9 Å². The number of aliphatic hydroxyl groups is 1. The SMILES string of the molecule is Cn1nccc1CCC(O)c1cccc2c1NCC2. The van der Waals surface area contributed by atoms with Crippen LogP contribution in [0.3, 0.4) is 0 Å². The first-order valence-corrected chi connectivity index (χ1v) is 6.76. The highest BCUT2D eigenvalue weighted by molar-refractivity contribution is 5.61. The first kappa shape index (κ1) is 12.2. The summed E-state index contributed by atoms with van der Waals surface area (Å²) < 4.78 is 1.86. The first-order chi connectivity index (χ1) is 9.25. The molecule has 1 atom stereocenters. The van der Waals surface area contributed by atoms with Gasteiger partial charge in [-0.15, -0.1) is 0 Å². The largest absolute Gasteiger partial charge is 0.388 e. The molecule has 1 aliphatic heterocycles. The molecule has 0 spiro atoms. The van der Waals surface area contributed by atoms with E-state index >= 15 is 0 Å². The lowest BCUT2D eigenvalue weighted by atomic mass is 9.99. The zero-order chi connectivity index (χ0) is 13.2. The van der Waals surface area contributed by atoms with Crippen molar-refractivity contribution in [1.82, 2.24) is 9.78 Å². The Morgan fingerprint density at radius 1 is 1.42 bits per heavy atom. The third-order valence-corrected chi connectivity index (χ3v) is 3.83. The molecule has 1 aromatic heterocycles. The van der Waals surface area contributed by atoms with E-state index in [1.807, 2.05) is 29.9 Å². The van der Waals surface area contributed by atoms with Gasteiger partial charge in [-0.25, -0.2) is 0 Å². The van der Waals surface area contributed by atoms with Gasteiger partial charge in [-0.1, -0.05) is 18.2 Å². The number of aromatic nitrogens is 2. The third-order valence-electron chi connectivity index (χ3n) is 3.83. The van der Waals surface area contributed by atoms with Gasteiger partial charge >= 0.3 is 0 Å². The van der Waals surface area contributed by atoms with Gasteiger partial charge in [-0.2, -0.15) is 5.10 Å². The van der Waals surface area contributed by atoms with Crippen molar-refractivity contribution >= 4 is 5.69 Å². The van der Waals surface area contributed by atoms with Crippen molar-refractivity contribution in [3.8, 4) is 0 Å². The summed E-state index contributed by atoms with van der Waals surface area (Å²) in [6, 6.07) is 8.19. The molecule has 0 aliphatic carbocycles. The van der Waals surface area contributed by atoms with Crippen LogP contribution in [0.15, 0.2) is 30.5 Å². The highest BCUT2D eigenvalue weighted by Crippen LogP contribution is 2.32. The maximum absolute atomic E-state index is 10.4. The monoisotopic (exact) mass is 257 g/mol. The van der Waals surface area contributed by atoms with Crippen LogP contribution in [0, 0.1) is 0 Å². The van der Waals surface area contributed by atoms with Gasteiger partial charge in [0.25, 0.3) is 0 Å². The number of fused-ring (bicyclic) bond motifs is 1. The minimum absolute atomic E-state index is 0.421. The molecule has 0 saturated heterocycles. The molecule has 3 rings (SSSR count). The van der Waals surface area contributed by atoms with Crippen LogP contribution in [0.25, 0.3) is 0 Å². The fourth-order valence-corrected chi connectivity index (χ4v) is 2.73. The fourth-order valence-electron chi connectivity index (χ4n) is 2.73. The molecule has 2 aromatic rings. The fraction of sp³-hybridized carbons (Fsp3) is 0.400. The Morgan fingerprint density at radius 3 is 3.11 bits per heavy atom. The van der Waals surface area contributed by atoms with Crippen LogP contribution < -0.4 is 5.32 Å². The van der Waals surface area contributed by atoms with E-state index in [0.717, 1.165) is 42.8 Å². The van der Waals surface area contributed by atoms with Crippen LogP contribution in [0.2, 0.25) is 0 Å². The van der Waals surface area contributed by atoms with Gasteiger partial charge in [0.2, 0.25) is 0 Å². The van der Waals surface area contributed by atoms with E-state index in [9.17, 15) is 5.11 Å². The number of nitrogens with one attached hydrogen (secondary N) is 1. The van der Waals surface area contributed by atoms with Crippen molar-refractivity contribution in [1.29, 1.82) is 0 Å². The predicted molar refractivity (Wildman–Crippen MR) is 75.1 cm³/mol. The van der Waals surface area contributed by atoms with Gasteiger partial charge < -0.3 is 10.4 Å². The smallest absolute Gasteiger partial charge is 0.0813 e. The minimum atomic E-state index is -0.421. The average Bonchev–Trinajstić information content (AvgIpc) is 3.04. The van der Waals surface area contributed by atoms with Gasteiger partial charge in [0.1, 0.15) is 0 Å². The molecule has 0 amide bonds. The summed E-state index contributed by atoms with van der Waals surface area (Å²) in [5.41, 5.74) is 4.63. The molecule has 0 bridgehead atoms. The van der Waals surface area contributed by atoms with Gasteiger partial charge in [0.15, 0.2) is 0 Å². The summed E-state index contributed by atoms with van der Waals surface area (Å²) in [6.45, 7) is 0.973. The standard InChI is InChI=1S/C15H19N3O/c1-18-12(8-10-17-18)5-6-14(19)13-4-2-3-11-7-9-16-15(11)13/h2-4,8,10,14,16,19H,5-7,9H2,1H3. The summed E-state index contributed by atoms with van der Waals surface area (Å²) in [4.78, 5) is 0. The van der Waals surface area contributed by atoms with Crippen LogP contribution >= 0.6 is 0 Å². The Labute approximate surface area is 113 Å². The predicted octanol–water partition coefficient (Wildman–Crippen LogP) is 2.05. The van der Waals surface area contributed by atoms with Crippen molar-refractivity contribution in [2.45, 2.75) is 25.4 Å². The summed E-state index contributed by atoms with van der Waals surface area (Å²) in [7, 11) is 1.93. The summed E-state index contributed by atoms with van der Waals surface area (Å²) >= 11 is 0. The Morgan fingerprint density at radius 2 is 2.32 bits per heavy atom. The number of hydrogen-bond donors (Lipinski definition) is 2. The van der Waals surface area contributed by atoms with E-state index in [1.54, 1.807) is 6.20 Å². The third kappa shape index (κ3) is 2.36. The molecule has 1 unspecified atom stereocenters. The molecule has 0 saturated carbocycles. The Hall–Kier alpha value is -1.81. The van der Waals surface area contributed by atoms with Gasteiger partial charge in [0.05, 0.1) is 6.10 Å². The highest BCUT2D eigenvalue weighted by atomic mass is 16.3. The Bertz CT molecular complexity index is 577. The number of rotatable bonds is 4. The molecule has 2 heterocycles. The Balaban J connectivity index is 1.73. The molecular formula is C15H19N3O. The summed E-state index contributed by atoms with van der Waals surface area (Å²) in [5, 5.41) is 17.9. The molecule has 1 aromatic carbocycles. The second kappa shape index (κ2) is 5.05. The quantitative estimate of drug-likeness (QED) is 0.881. The molecule has 19 heavy (non-hydrogen) atoms. The van der Waals surface area contributed by atoms with E-state index in [-0.39, 0.29) is 0 Å². The minimum Gasteiger partial charge on any atom is -0.388 e. The zero-order valence-corrected chi connectivity index (χ0v) is 11.1. The molecular weight excluding hydrogens is 238 g/mol. The van der Waals surface area contributed by atoms with E-state index in [0.29, 0.717) is 0 Å². The molecule has 1 aliphatic rings. The number of benzene rings is 1. The topological polar surface area (TPSA) is 50.1 Å². The number of para-hydroxylation sites is 1. The molecule has 4 nitrogen and oxygen atoms in total. The van der Waals surface area contributed by atoms with Crippen molar-refractivity contribution in [2.75, 3.05) is 11.9 Å². The van der Waals surface area contributed by atoms with Gasteiger partial charge in [-0.3, -0.25) is 4.68 Å². The maximum Gasteiger partial charge on any atom is 0.0813 e. The molecule has 100 valence electrons. The Kier molecular flexibility index (Phi) is 3.25. The van der Waals surface area contributed by atoms with Crippen LogP contribution in [0.4, 0.5) is 5.69 Å². The number of aliphatic hydroxyl groups excluding tert-OH is 1. The average molecular weight is 257 g/mol. The van der Waals surface area contributed by atoms with Crippen LogP contribution in [-0.4, -0.2) is 21.4 Å². The second-order valence-electron chi connectivity index (χ2n) is 5.06. The molecule has 0 radical (unpaired) electrons. The lowest BCUT2D eigenvalue weighted by Gasteiger charge is -2.15. The number of aryl methyl sites for hydroxylation is 2. The van der Waals surface area contributed by atoms with E-state index < -0.39 is 6.10 Å². The highest BCUT2D eigenvalue weighted by Gasteiger charge is 2.18. The first-order valence-electron chi connectivity index (χ1n) is 6.76. The summed E-state index contributed by atoms with van der Waals surface area (Å²) in [5.74, 6) is 0. The molecule has 2 N–H and O–H groups in total. The zero-order valence-electron chi connectivity index (χ0n) is 11.1. The number of hydrogen-bond acceptors (Lipinski definition) is 3. The van der Waals surface area contributed by atoms with Gasteiger partial charge in [0, 0.05) is 36.7 Å². The number of nitrogens with zero attached hydrogens (tertiary/aromatic N) is 2.